The van der Waals surface area contributed by atoms with Crippen LogP contribution in [0.25, 0.3) is 0 Å². The Labute approximate surface area is 153 Å². The second-order valence-corrected chi connectivity index (χ2v) is 7.27. The summed E-state index contributed by atoms with van der Waals surface area (Å²) >= 11 is 1.47. The van der Waals surface area contributed by atoms with Crippen molar-refractivity contribution in [2.45, 2.75) is 26.2 Å². The average Bonchev–Trinajstić information content (AvgIpc) is 3.21. The highest BCUT2D eigenvalue weighted by Crippen LogP contribution is 2.15. The van der Waals surface area contributed by atoms with Gasteiger partial charge < -0.3 is 9.80 Å². The Morgan fingerprint density at radius 2 is 1.60 bits per heavy atom. The minimum Gasteiger partial charge on any atom is -0.339 e. The van der Waals surface area contributed by atoms with Crippen molar-refractivity contribution in [3.8, 4) is 0 Å². The van der Waals surface area contributed by atoms with Gasteiger partial charge in [0, 0.05) is 32.6 Å². The quantitative estimate of drug-likeness (QED) is 0.825. The van der Waals surface area contributed by atoms with Crippen molar-refractivity contribution in [2.24, 2.45) is 0 Å². The van der Waals surface area contributed by atoms with Crippen LogP contribution in [0.5, 0.6) is 0 Å². The number of piperazine rings is 1. The first kappa shape index (κ1) is 17.7. The largest absolute Gasteiger partial charge is 0.339 e. The topological polar surface area (TPSA) is 40.6 Å². The van der Waals surface area contributed by atoms with E-state index in [4.69, 9.17) is 0 Å². The number of carbonyl (C=O) groups excluding carboxylic acids is 2. The molecule has 3 rings (SSSR count). The highest BCUT2D eigenvalue weighted by Gasteiger charge is 2.24. The second-order valence-electron chi connectivity index (χ2n) is 6.32. The van der Waals surface area contributed by atoms with E-state index < -0.39 is 0 Å². The summed E-state index contributed by atoms with van der Waals surface area (Å²) in [6.45, 7) is 4.64. The molecule has 1 saturated heterocycles. The molecule has 1 aromatic carbocycles. The van der Waals surface area contributed by atoms with Crippen LogP contribution in [0.2, 0.25) is 0 Å². The first-order valence-corrected chi connectivity index (χ1v) is 9.73. The molecule has 2 aromatic rings. The van der Waals surface area contributed by atoms with Crippen LogP contribution in [0.15, 0.2) is 41.8 Å². The molecular weight excluding hydrogens is 332 g/mol. The highest BCUT2D eigenvalue weighted by molar-refractivity contribution is 7.12. The lowest BCUT2D eigenvalue weighted by molar-refractivity contribution is -0.132. The number of hydrogen-bond donors (Lipinski definition) is 0. The molecule has 0 atom stereocenters. The molecule has 0 unspecified atom stereocenters. The van der Waals surface area contributed by atoms with Crippen LogP contribution in [0.1, 0.15) is 34.1 Å². The Bertz CT molecular complexity index is 702. The van der Waals surface area contributed by atoms with Crippen LogP contribution < -0.4 is 0 Å². The third kappa shape index (κ3) is 4.48. The number of rotatable bonds is 5. The predicted octanol–water partition coefficient (Wildman–Crippen LogP) is 3.23. The van der Waals surface area contributed by atoms with Crippen molar-refractivity contribution in [2.75, 3.05) is 26.2 Å². The van der Waals surface area contributed by atoms with E-state index in [2.05, 4.69) is 31.2 Å². The summed E-state index contributed by atoms with van der Waals surface area (Å²) in [5.41, 5.74) is 2.53. The first-order chi connectivity index (χ1) is 12.2. The summed E-state index contributed by atoms with van der Waals surface area (Å²) in [5, 5.41) is 1.92. The Balaban J connectivity index is 1.45. The molecule has 1 fully saturated rings. The van der Waals surface area contributed by atoms with E-state index in [9.17, 15) is 9.59 Å². The van der Waals surface area contributed by atoms with Crippen LogP contribution in [0, 0.1) is 0 Å². The molecule has 2 heterocycles. The molecule has 0 aliphatic carbocycles. The van der Waals surface area contributed by atoms with E-state index in [1.54, 1.807) is 0 Å². The molecular formula is C20H24N2O2S. The Morgan fingerprint density at radius 1 is 0.960 bits per heavy atom. The van der Waals surface area contributed by atoms with Gasteiger partial charge >= 0.3 is 0 Å². The molecule has 0 saturated carbocycles. The maximum absolute atomic E-state index is 12.4. The van der Waals surface area contributed by atoms with Crippen LogP contribution >= 0.6 is 11.3 Å². The molecule has 0 radical (unpaired) electrons. The zero-order chi connectivity index (χ0) is 17.6. The molecule has 0 spiro atoms. The summed E-state index contributed by atoms with van der Waals surface area (Å²) in [4.78, 5) is 29.3. The fourth-order valence-corrected chi connectivity index (χ4v) is 3.76. The first-order valence-electron chi connectivity index (χ1n) is 8.85. The van der Waals surface area contributed by atoms with E-state index >= 15 is 0 Å². The number of carbonyl (C=O) groups is 2. The molecule has 4 nitrogen and oxygen atoms in total. The Hall–Kier alpha value is -2.14. The standard InChI is InChI=1S/C20H24N2O2S/c1-2-16-5-7-17(8-6-16)9-10-19(23)21-11-13-22(14-12-21)20(24)18-4-3-15-25-18/h3-8,15H,2,9-14H2,1H3. The SMILES string of the molecule is CCc1ccc(CCC(=O)N2CCN(C(=O)c3cccs3)CC2)cc1. The van der Waals surface area contributed by atoms with Gasteiger partial charge in [-0.15, -0.1) is 11.3 Å². The van der Waals surface area contributed by atoms with Gasteiger partial charge in [-0.1, -0.05) is 37.3 Å². The summed E-state index contributed by atoms with van der Waals surface area (Å²) in [6.07, 6.45) is 2.34. The van der Waals surface area contributed by atoms with E-state index in [-0.39, 0.29) is 11.8 Å². The van der Waals surface area contributed by atoms with Crippen molar-refractivity contribution in [3.63, 3.8) is 0 Å². The molecule has 5 heteroatoms. The third-order valence-corrected chi connectivity index (χ3v) is 5.57. The van der Waals surface area contributed by atoms with Gasteiger partial charge in [0.15, 0.2) is 0 Å². The number of aryl methyl sites for hydroxylation is 2. The van der Waals surface area contributed by atoms with Gasteiger partial charge in [0.25, 0.3) is 5.91 Å². The minimum absolute atomic E-state index is 0.0816. The number of amides is 2. The second kappa shape index (κ2) is 8.30. The van der Waals surface area contributed by atoms with Crippen molar-refractivity contribution < 1.29 is 9.59 Å². The predicted molar refractivity (Wildman–Crippen MR) is 101 cm³/mol. The number of thiophene rings is 1. The zero-order valence-electron chi connectivity index (χ0n) is 14.6. The van der Waals surface area contributed by atoms with Crippen LogP contribution in [0.3, 0.4) is 0 Å². The lowest BCUT2D eigenvalue weighted by Gasteiger charge is -2.34. The molecule has 2 amide bonds. The van der Waals surface area contributed by atoms with E-state index in [1.807, 2.05) is 27.3 Å². The number of hydrogen-bond acceptors (Lipinski definition) is 3. The van der Waals surface area contributed by atoms with Crippen LogP contribution in [-0.4, -0.2) is 47.8 Å². The third-order valence-electron chi connectivity index (χ3n) is 4.71. The number of benzene rings is 1. The van der Waals surface area contributed by atoms with Gasteiger partial charge in [-0.05, 0) is 35.4 Å². The van der Waals surface area contributed by atoms with Crippen molar-refractivity contribution in [1.29, 1.82) is 0 Å². The van der Waals surface area contributed by atoms with E-state index in [0.717, 1.165) is 17.7 Å². The van der Waals surface area contributed by atoms with Gasteiger partial charge in [0.2, 0.25) is 5.91 Å². The molecule has 0 N–H and O–H groups in total. The van der Waals surface area contributed by atoms with Crippen molar-refractivity contribution >= 4 is 23.2 Å². The average molecular weight is 356 g/mol. The smallest absolute Gasteiger partial charge is 0.264 e. The summed E-state index contributed by atoms with van der Waals surface area (Å²) in [6, 6.07) is 12.2. The van der Waals surface area contributed by atoms with Crippen molar-refractivity contribution in [3.05, 3.63) is 57.8 Å². The maximum atomic E-state index is 12.4. The normalized spacial score (nSPS) is 14.6. The van der Waals surface area contributed by atoms with E-state index in [1.165, 1.54) is 22.5 Å². The van der Waals surface area contributed by atoms with Gasteiger partial charge in [-0.25, -0.2) is 0 Å². The lowest BCUT2D eigenvalue weighted by atomic mass is 10.1. The zero-order valence-corrected chi connectivity index (χ0v) is 15.4. The Morgan fingerprint density at radius 3 is 2.20 bits per heavy atom. The summed E-state index contributed by atoms with van der Waals surface area (Å²) in [7, 11) is 0. The maximum Gasteiger partial charge on any atom is 0.264 e. The minimum atomic E-state index is 0.0816. The van der Waals surface area contributed by atoms with Crippen LogP contribution in [0.4, 0.5) is 0 Å². The van der Waals surface area contributed by atoms with Gasteiger partial charge in [0.05, 0.1) is 4.88 Å². The summed E-state index contributed by atoms with van der Waals surface area (Å²) in [5.74, 6) is 0.265. The molecule has 1 aromatic heterocycles. The lowest BCUT2D eigenvalue weighted by Crippen LogP contribution is -2.50. The molecule has 1 aliphatic heterocycles. The molecule has 25 heavy (non-hydrogen) atoms. The van der Waals surface area contributed by atoms with Gasteiger partial charge in [-0.3, -0.25) is 9.59 Å². The fraction of sp³-hybridized carbons (Fsp3) is 0.400. The van der Waals surface area contributed by atoms with Gasteiger partial charge in [0.1, 0.15) is 0 Å². The van der Waals surface area contributed by atoms with Crippen LogP contribution in [-0.2, 0) is 17.6 Å². The summed E-state index contributed by atoms with van der Waals surface area (Å²) < 4.78 is 0. The van der Waals surface area contributed by atoms with Crippen molar-refractivity contribution in [1.82, 2.24) is 9.80 Å². The number of nitrogens with zero attached hydrogens (tertiary/aromatic N) is 2. The van der Waals surface area contributed by atoms with E-state index in [0.29, 0.717) is 32.6 Å². The molecule has 132 valence electrons. The highest BCUT2D eigenvalue weighted by atomic mass is 32.1. The fourth-order valence-electron chi connectivity index (χ4n) is 3.07. The molecule has 1 aliphatic rings. The Kier molecular flexibility index (Phi) is 5.87. The van der Waals surface area contributed by atoms with Gasteiger partial charge in [-0.2, -0.15) is 0 Å². The molecule has 0 bridgehead atoms. The monoisotopic (exact) mass is 356 g/mol.